The van der Waals surface area contributed by atoms with Crippen LogP contribution in [-0.2, 0) is 13.0 Å². The van der Waals surface area contributed by atoms with Crippen LogP contribution in [0.5, 0.6) is 0 Å². The normalized spacial score (nSPS) is 11.4. The van der Waals surface area contributed by atoms with Gasteiger partial charge in [0.05, 0.1) is 5.52 Å². The first-order valence-corrected chi connectivity index (χ1v) is 6.13. The number of nitrogens with zero attached hydrogens (tertiary/aromatic N) is 4. The van der Waals surface area contributed by atoms with Gasteiger partial charge < -0.3 is 0 Å². The maximum Gasteiger partial charge on any atom is 0.335 e. The van der Waals surface area contributed by atoms with Crippen molar-refractivity contribution in [2.45, 2.75) is 26.8 Å². The Morgan fingerprint density at radius 3 is 2.67 bits per heavy atom. The molecule has 0 saturated carbocycles. The second-order valence-corrected chi connectivity index (χ2v) is 4.17. The molecule has 0 aliphatic carbocycles. The summed E-state index contributed by atoms with van der Waals surface area (Å²) in [6.45, 7) is 4.58. The average molecular weight is 242 g/mol. The van der Waals surface area contributed by atoms with Gasteiger partial charge in [0.15, 0.2) is 5.65 Å². The molecule has 0 atom stereocenters. The third-order valence-electron chi connectivity index (χ3n) is 3.22. The molecule has 0 N–H and O–H groups in total. The van der Waals surface area contributed by atoms with Crippen LogP contribution in [0.1, 0.15) is 19.7 Å². The summed E-state index contributed by atoms with van der Waals surface area (Å²) in [5, 5.41) is 9.22. The van der Waals surface area contributed by atoms with E-state index in [-0.39, 0.29) is 5.69 Å². The first-order chi connectivity index (χ1) is 8.77. The molecule has 2 aromatic heterocycles. The summed E-state index contributed by atoms with van der Waals surface area (Å²) in [6.07, 6.45) is 0.693. The second-order valence-electron chi connectivity index (χ2n) is 4.17. The van der Waals surface area contributed by atoms with Crippen LogP contribution < -0.4 is 5.69 Å². The lowest BCUT2D eigenvalue weighted by Crippen LogP contribution is -2.27. The average Bonchev–Trinajstić information content (AvgIpc) is 2.84. The molecule has 92 valence electrons. The number of aromatic nitrogens is 4. The van der Waals surface area contributed by atoms with E-state index < -0.39 is 0 Å². The fourth-order valence-electron chi connectivity index (χ4n) is 2.35. The van der Waals surface area contributed by atoms with Gasteiger partial charge in [-0.1, -0.05) is 19.1 Å². The number of hydrogen-bond acceptors (Lipinski definition) is 3. The number of hydrogen-bond donors (Lipinski definition) is 0. The van der Waals surface area contributed by atoms with E-state index in [0.29, 0.717) is 24.4 Å². The monoisotopic (exact) mass is 242 g/mol. The van der Waals surface area contributed by atoms with Gasteiger partial charge in [-0.05, 0) is 19.1 Å². The highest BCUT2D eigenvalue weighted by Gasteiger charge is 2.13. The second kappa shape index (κ2) is 3.94. The lowest BCUT2D eigenvalue weighted by molar-refractivity contribution is 0.706. The third kappa shape index (κ3) is 1.30. The van der Waals surface area contributed by atoms with E-state index in [9.17, 15) is 4.79 Å². The summed E-state index contributed by atoms with van der Waals surface area (Å²) in [5.41, 5.74) is 1.50. The van der Waals surface area contributed by atoms with E-state index in [1.165, 1.54) is 0 Å². The van der Waals surface area contributed by atoms with Crippen molar-refractivity contribution in [3.63, 3.8) is 0 Å². The van der Waals surface area contributed by atoms with E-state index in [0.717, 1.165) is 10.9 Å². The van der Waals surface area contributed by atoms with Gasteiger partial charge >= 0.3 is 5.69 Å². The van der Waals surface area contributed by atoms with Crippen LogP contribution in [-0.4, -0.2) is 19.2 Å². The minimum atomic E-state index is -0.0620. The van der Waals surface area contributed by atoms with Crippen LogP contribution in [0.25, 0.3) is 16.6 Å². The summed E-state index contributed by atoms with van der Waals surface area (Å²) in [6, 6.07) is 7.81. The molecule has 18 heavy (non-hydrogen) atoms. The minimum Gasteiger partial charge on any atom is -0.293 e. The van der Waals surface area contributed by atoms with Gasteiger partial charge in [-0.2, -0.15) is 0 Å². The molecule has 5 nitrogen and oxygen atoms in total. The number of aryl methyl sites for hydroxylation is 2. The van der Waals surface area contributed by atoms with E-state index >= 15 is 0 Å². The Hall–Kier alpha value is -2.17. The molecule has 3 aromatic rings. The first kappa shape index (κ1) is 11.0. The predicted molar refractivity (Wildman–Crippen MR) is 69.8 cm³/mol. The molecule has 0 radical (unpaired) electrons. The summed E-state index contributed by atoms with van der Waals surface area (Å²) in [4.78, 5) is 12.5. The topological polar surface area (TPSA) is 52.2 Å². The molecule has 3 rings (SSSR count). The molecule has 0 aliphatic rings. The molecule has 0 amide bonds. The molecular weight excluding hydrogens is 228 g/mol. The Bertz CT molecular complexity index is 785. The third-order valence-corrected chi connectivity index (χ3v) is 3.22. The highest BCUT2D eigenvalue weighted by molar-refractivity contribution is 5.91. The van der Waals surface area contributed by atoms with Crippen LogP contribution >= 0.6 is 0 Å². The van der Waals surface area contributed by atoms with Gasteiger partial charge in [-0.3, -0.25) is 4.57 Å². The van der Waals surface area contributed by atoms with Gasteiger partial charge in [0.2, 0.25) is 0 Å². The SMILES string of the molecule is CCc1nnc2c3ccccc3n(CC)c(=O)n12. The van der Waals surface area contributed by atoms with E-state index in [1.54, 1.807) is 8.97 Å². The standard InChI is InChI=1S/C13H14N4O/c1-3-11-14-15-12-9-7-5-6-8-10(9)16(4-2)13(18)17(11)12/h5-8H,3-4H2,1-2H3. The van der Waals surface area contributed by atoms with E-state index in [1.807, 2.05) is 38.1 Å². The molecule has 0 unspecified atom stereocenters. The molecule has 1 aromatic carbocycles. The van der Waals surface area contributed by atoms with Crippen LogP contribution in [0.3, 0.4) is 0 Å². The fourth-order valence-corrected chi connectivity index (χ4v) is 2.35. The van der Waals surface area contributed by atoms with Crippen molar-refractivity contribution in [3.05, 3.63) is 40.6 Å². The number of fused-ring (bicyclic) bond motifs is 3. The van der Waals surface area contributed by atoms with Crippen molar-refractivity contribution in [2.24, 2.45) is 0 Å². The maximum atomic E-state index is 12.5. The number of rotatable bonds is 2. The smallest absolute Gasteiger partial charge is 0.293 e. The minimum absolute atomic E-state index is 0.0620. The van der Waals surface area contributed by atoms with Crippen molar-refractivity contribution < 1.29 is 0 Å². The van der Waals surface area contributed by atoms with Crippen LogP contribution in [0.4, 0.5) is 0 Å². The Kier molecular flexibility index (Phi) is 2.40. The first-order valence-electron chi connectivity index (χ1n) is 6.13. The quantitative estimate of drug-likeness (QED) is 0.686. The number of benzene rings is 1. The summed E-state index contributed by atoms with van der Waals surface area (Å²) in [5.74, 6) is 0.711. The molecule has 0 spiro atoms. The summed E-state index contributed by atoms with van der Waals surface area (Å²) in [7, 11) is 0. The van der Waals surface area contributed by atoms with Crippen LogP contribution in [0.15, 0.2) is 29.1 Å². The van der Waals surface area contributed by atoms with Crippen LogP contribution in [0, 0.1) is 0 Å². The molecule has 0 aliphatic heterocycles. The number of para-hydroxylation sites is 1. The maximum absolute atomic E-state index is 12.5. The Morgan fingerprint density at radius 2 is 1.94 bits per heavy atom. The Morgan fingerprint density at radius 1 is 1.17 bits per heavy atom. The largest absolute Gasteiger partial charge is 0.335 e. The Balaban J connectivity index is 2.64. The van der Waals surface area contributed by atoms with E-state index in [4.69, 9.17) is 0 Å². The van der Waals surface area contributed by atoms with E-state index in [2.05, 4.69) is 10.2 Å². The van der Waals surface area contributed by atoms with Crippen molar-refractivity contribution >= 4 is 16.6 Å². The van der Waals surface area contributed by atoms with Crippen molar-refractivity contribution in [2.75, 3.05) is 0 Å². The zero-order valence-corrected chi connectivity index (χ0v) is 10.4. The van der Waals surface area contributed by atoms with Gasteiger partial charge in [-0.25, -0.2) is 9.20 Å². The van der Waals surface area contributed by atoms with Crippen LogP contribution in [0.2, 0.25) is 0 Å². The Labute approximate surface area is 104 Å². The lowest BCUT2D eigenvalue weighted by atomic mass is 10.2. The lowest BCUT2D eigenvalue weighted by Gasteiger charge is -2.09. The van der Waals surface area contributed by atoms with Gasteiger partial charge in [-0.15, -0.1) is 10.2 Å². The van der Waals surface area contributed by atoms with Gasteiger partial charge in [0.1, 0.15) is 5.82 Å². The highest BCUT2D eigenvalue weighted by atomic mass is 16.1. The summed E-state index contributed by atoms with van der Waals surface area (Å²) >= 11 is 0. The molecule has 0 fully saturated rings. The molecular formula is C13H14N4O. The summed E-state index contributed by atoms with van der Waals surface area (Å²) < 4.78 is 3.37. The molecule has 5 heteroatoms. The zero-order chi connectivity index (χ0) is 12.7. The van der Waals surface area contributed by atoms with Crippen molar-refractivity contribution in [1.82, 2.24) is 19.2 Å². The molecule has 2 heterocycles. The van der Waals surface area contributed by atoms with Gasteiger partial charge in [0, 0.05) is 18.4 Å². The highest BCUT2D eigenvalue weighted by Crippen LogP contribution is 2.17. The fraction of sp³-hybridized carbons (Fsp3) is 0.308. The predicted octanol–water partition coefficient (Wildman–Crippen LogP) is 1.63. The van der Waals surface area contributed by atoms with Gasteiger partial charge in [0.25, 0.3) is 0 Å². The zero-order valence-electron chi connectivity index (χ0n) is 10.4. The molecule has 0 bridgehead atoms. The van der Waals surface area contributed by atoms with Crippen molar-refractivity contribution in [1.29, 1.82) is 0 Å². The van der Waals surface area contributed by atoms with Crippen molar-refractivity contribution in [3.8, 4) is 0 Å². The molecule has 0 saturated heterocycles.